The summed E-state index contributed by atoms with van der Waals surface area (Å²) in [7, 11) is 1.63. The number of likely N-dealkylation sites (tertiary alicyclic amines) is 1. The first kappa shape index (κ1) is 14.7. The molecule has 7 heteroatoms. The highest BCUT2D eigenvalue weighted by Crippen LogP contribution is 2.31. The lowest BCUT2D eigenvalue weighted by Gasteiger charge is -2.23. The van der Waals surface area contributed by atoms with Crippen LogP contribution < -0.4 is 5.76 Å². The van der Waals surface area contributed by atoms with Gasteiger partial charge in [0.05, 0.1) is 11.6 Å². The second-order valence-corrected chi connectivity index (χ2v) is 6.22. The third-order valence-corrected chi connectivity index (χ3v) is 4.59. The van der Waals surface area contributed by atoms with Gasteiger partial charge in [0.25, 0.3) is 5.91 Å². The Labute approximate surface area is 137 Å². The number of benzene rings is 1. The third kappa shape index (κ3) is 2.24. The topological polar surface area (TPSA) is 84.1 Å². The summed E-state index contributed by atoms with van der Waals surface area (Å²) in [6, 6.07) is 5.06. The molecule has 1 amide bonds. The smallest absolute Gasteiger partial charge is 0.408 e. The van der Waals surface area contributed by atoms with E-state index in [1.54, 1.807) is 31.4 Å². The van der Waals surface area contributed by atoms with Crippen LogP contribution in [-0.4, -0.2) is 31.9 Å². The first-order valence-electron chi connectivity index (χ1n) is 7.96. The van der Waals surface area contributed by atoms with Crippen molar-refractivity contribution in [1.29, 1.82) is 0 Å². The van der Waals surface area contributed by atoms with Gasteiger partial charge in [-0.3, -0.25) is 9.36 Å². The van der Waals surface area contributed by atoms with Gasteiger partial charge in [0.15, 0.2) is 5.58 Å². The molecule has 3 aromatic rings. The number of hydrogen-bond donors (Lipinski definition) is 1. The predicted octanol–water partition coefficient (Wildman–Crippen LogP) is 2.14. The molecule has 2 aromatic heterocycles. The van der Waals surface area contributed by atoms with E-state index in [1.165, 1.54) is 4.57 Å². The van der Waals surface area contributed by atoms with E-state index < -0.39 is 5.76 Å². The molecule has 24 heavy (non-hydrogen) atoms. The van der Waals surface area contributed by atoms with Crippen molar-refractivity contribution in [2.45, 2.75) is 25.8 Å². The van der Waals surface area contributed by atoms with Crippen LogP contribution in [0.1, 0.15) is 40.8 Å². The average molecular weight is 326 g/mol. The van der Waals surface area contributed by atoms with Crippen LogP contribution in [0.2, 0.25) is 0 Å². The Balaban J connectivity index is 1.69. The predicted molar refractivity (Wildman–Crippen MR) is 87.8 cm³/mol. The second-order valence-electron chi connectivity index (χ2n) is 6.22. The van der Waals surface area contributed by atoms with Crippen molar-refractivity contribution in [3.05, 3.63) is 52.0 Å². The summed E-state index contributed by atoms with van der Waals surface area (Å²) in [4.78, 5) is 34.0. The number of aromatic amines is 1. The molecule has 1 aromatic carbocycles. The number of carbonyl (C=O) groups is 1. The Kier molecular flexibility index (Phi) is 3.30. The van der Waals surface area contributed by atoms with E-state index in [0.29, 0.717) is 23.2 Å². The molecule has 0 aliphatic carbocycles. The lowest BCUT2D eigenvalue weighted by molar-refractivity contribution is 0.0730. The molecule has 1 aliphatic heterocycles. The van der Waals surface area contributed by atoms with E-state index in [1.807, 2.05) is 11.8 Å². The number of carbonyl (C=O) groups excluding carboxylic acids is 1. The van der Waals surface area contributed by atoms with Crippen LogP contribution in [0.4, 0.5) is 0 Å². The van der Waals surface area contributed by atoms with Crippen molar-refractivity contribution in [3.8, 4) is 0 Å². The third-order valence-electron chi connectivity index (χ3n) is 4.59. The SMILES string of the molecule is Cc1cnc(C2CCCN2C(=O)c2ccc3oc(=O)n(C)c3c2)[nH]1. The summed E-state index contributed by atoms with van der Waals surface area (Å²) in [5, 5.41) is 0. The van der Waals surface area contributed by atoms with E-state index in [9.17, 15) is 9.59 Å². The molecular formula is C17H18N4O3. The number of nitrogens with zero attached hydrogens (tertiary/aromatic N) is 3. The zero-order valence-corrected chi connectivity index (χ0v) is 13.6. The number of amides is 1. The van der Waals surface area contributed by atoms with Gasteiger partial charge in [-0.15, -0.1) is 0 Å². The number of imidazole rings is 1. The maximum atomic E-state index is 13.0. The molecule has 0 saturated carbocycles. The van der Waals surface area contributed by atoms with Crippen molar-refractivity contribution in [2.75, 3.05) is 6.54 Å². The number of rotatable bonds is 2. The van der Waals surface area contributed by atoms with Gasteiger partial charge >= 0.3 is 5.76 Å². The Morgan fingerprint density at radius 2 is 2.25 bits per heavy atom. The Bertz CT molecular complexity index is 981. The molecule has 1 unspecified atom stereocenters. The number of fused-ring (bicyclic) bond motifs is 1. The van der Waals surface area contributed by atoms with E-state index in [2.05, 4.69) is 9.97 Å². The van der Waals surface area contributed by atoms with Crippen molar-refractivity contribution in [1.82, 2.24) is 19.4 Å². The van der Waals surface area contributed by atoms with Crippen LogP contribution >= 0.6 is 0 Å². The van der Waals surface area contributed by atoms with Gasteiger partial charge in [-0.25, -0.2) is 9.78 Å². The van der Waals surface area contributed by atoms with E-state index in [0.717, 1.165) is 24.4 Å². The van der Waals surface area contributed by atoms with Crippen molar-refractivity contribution in [3.63, 3.8) is 0 Å². The molecule has 0 spiro atoms. The maximum absolute atomic E-state index is 13.0. The number of nitrogens with one attached hydrogen (secondary N) is 1. The van der Waals surface area contributed by atoms with E-state index in [-0.39, 0.29) is 11.9 Å². The molecule has 0 bridgehead atoms. The molecule has 0 radical (unpaired) electrons. The lowest BCUT2D eigenvalue weighted by atomic mass is 10.1. The van der Waals surface area contributed by atoms with Gasteiger partial charge in [0.1, 0.15) is 5.82 Å². The van der Waals surface area contributed by atoms with Crippen LogP contribution in [-0.2, 0) is 7.05 Å². The first-order valence-corrected chi connectivity index (χ1v) is 7.96. The summed E-state index contributed by atoms with van der Waals surface area (Å²) in [5.74, 6) is 0.344. The number of H-pyrrole nitrogens is 1. The van der Waals surface area contributed by atoms with Crippen molar-refractivity contribution >= 4 is 17.0 Å². The number of oxazole rings is 1. The molecular weight excluding hydrogens is 308 g/mol. The second kappa shape index (κ2) is 5.36. The highest BCUT2D eigenvalue weighted by Gasteiger charge is 2.32. The standard InChI is InChI=1S/C17H18N4O3/c1-10-9-18-15(19-10)12-4-3-7-21(12)16(22)11-5-6-14-13(8-11)20(2)17(23)24-14/h5-6,8-9,12H,3-4,7H2,1-2H3,(H,18,19). The van der Waals surface area contributed by atoms with Gasteiger partial charge in [-0.05, 0) is 38.0 Å². The molecule has 7 nitrogen and oxygen atoms in total. The molecule has 124 valence electrons. The minimum Gasteiger partial charge on any atom is -0.408 e. The monoisotopic (exact) mass is 326 g/mol. The number of aromatic nitrogens is 3. The average Bonchev–Trinajstić information content (AvgIpc) is 3.27. The minimum atomic E-state index is -0.431. The zero-order valence-electron chi connectivity index (χ0n) is 13.6. The Morgan fingerprint density at radius 3 is 3.00 bits per heavy atom. The number of aryl methyl sites for hydroxylation is 2. The summed E-state index contributed by atoms with van der Waals surface area (Å²) in [6.07, 6.45) is 3.62. The quantitative estimate of drug-likeness (QED) is 0.782. The molecule has 1 atom stereocenters. The molecule has 1 N–H and O–H groups in total. The van der Waals surface area contributed by atoms with E-state index in [4.69, 9.17) is 4.42 Å². The molecule has 1 aliphatic rings. The normalized spacial score (nSPS) is 17.8. The van der Waals surface area contributed by atoms with Gasteiger partial charge in [-0.2, -0.15) is 0 Å². The molecule has 4 rings (SSSR count). The zero-order chi connectivity index (χ0) is 16.8. The summed E-state index contributed by atoms with van der Waals surface area (Å²) in [6.45, 7) is 2.65. The van der Waals surface area contributed by atoms with Crippen molar-refractivity contribution < 1.29 is 9.21 Å². The summed E-state index contributed by atoms with van der Waals surface area (Å²) < 4.78 is 6.53. The highest BCUT2D eigenvalue weighted by molar-refractivity contribution is 5.97. The minimum absolute atomic E-state index is 0.0323. The van der Waals surface area contributed by atoms with E-state index >= 15 is 0 Å². The first-order chi connectivity index (χ1) is 11.5. The summed E-state index contributed by atoms with van der Waals surface area (Å²) in [5.41, 5.74) is 2.64. The van der Waals surface area contributed by atoms with Crippen molar-refractivity contribution in [2.24, 2.45) is 7.05 Å². The fourth-order valence-corrected chi connectivity index (χ4v) is 3.32. The fraction of sp³-hybridized carbons (Fsp3) is 0.353. The molecule has 1 fully saturated rings. The maximum Gasteiger partial charge on any atom is 0.419 e. The Hall–Kier alpha value is -2.83. The van der Waals surface area contributed by atoms with Gasteiger partial charge in [0.2, 0.25) is 0 Å². The Morgan fingerprint density at radius 1 is 1.42 bits per heavy atom. The molecule has 1 saturated heterocycles. The number of hydrogen-bond acceptors (Lipinski definition) is 4. The van der Waals surface area contributed by atoms with Crippen LogP contribution in [0.5, 0.6) is 0 Å². The van der Waals surface area contributed by atoms with Crippen LogP contribution in [0, 0.1) is 6.92 Å². The van der Waals surface area contributed by atoms with Crippen LogP contribution in [0.15, 0.2) is 33.6 Å². The van der Waals surface area contributed by atoms with Crippen LogP contribution in [0.25, 0.3) is 11.1 Å². The lowest BCUT2D eigenvalue weighted by Crippen LogP contribution is -2.31. The fourth-order valence-electron chi connectivity index (χ4n) is 3.32. The molecule has 3 heterocycles. The van der Waals surface area contributed by atoms with Gasteiger partial charge in [-0.1, -0.05) is 0 Å². The van der Waals surface area contributed by atoms with Crippen LogP contribution in [0.3, 0.4) is 0 Å². The van der Waals surface area contributed by atoms with Gasteiger partial charge in [0, 0.05) is 31.0 Å². The highest BCUT2D eigenvalue weighted by atomic mass is 16.4. The van der Waals surface area contributed by atoms with Gasteiger partial charge < -0.3 is 14.3 Å². The summed E-state index contributed by atoms with van der Waals surface area (Å²) >= 11 is 0. The largest absolute Gasteiger partial charge is 0.419 e.